The van der Waals surface area contributed by atoms with Gasteiger partial charge in [0.25, 0.3) is 0 Å². The molecule has 112 valence electrons. The van der Waals surface area contributed by atoms with E-state index in [4.69, 9.17) is 0 Å². The highest BCUT2D eigenvalue weighted by Gasteiger charge is 2.52. The minimum Gasteiger partial charge on any atom is -0.479 e. The molecule has 0 aliphatic carbocycles. The molecule has 0 radical (unpaired) electrons. The molecule has 3 rings (SSSR count). The topological polar surface area (TPSA) is 74.7 Å². The first kappa shape index (κ1) is 14.3. The molecular weight excluding hydrogens is 282 g/mol. The van der Waals surface area contributed by atoms with Gasteiger partial charge in [0, 0.05) is 18.5 Å². The lowest BCUT2D eigenvalue weighted by molar-refractivity contribution is -0.151. The number of Topliss-reactive ketones (excluding diaryl/α,β-unsaturated/α-hetero) is 1. The van der Waals surface area contributed by atoms with E-state index in [0.717, 1.165) is 15.7 Å². The number of aliphatic carboxylic acids is 1. The van der Waals surface area contributed by atoms with Gasteiger partial charge in [-0.15, -0.1) is 0 Å². The number of carbonyl (C=O) groups excluding carboxylic acids is 2. The summed E-state index contributed by atoms with van der Waals surface area (Å²) in [7, 11) is 0. The molecule has 1 aliphatic rings. The van der Waals surface area contributed by atoms with Gasteiger partial charge in [0.05, 0.1) is 0 Å². The minimum atomic E-state index is -1.85. The first-order valence-corrected chi connectivity index (χ1v) is 7.03. The van der Waals surface area contributed by atoms with E-state index in [-0.39, 0.29) is 18.7 Å². The maximum absolute atomic E-state index is 12.3. The Kier molecular flexibility index (Phi) is 3.20. The van der Waals surface area contributed by atoms with E-state index in [1.165, 1.54) is 6.92 Å². The van der Waals surface area contributed by atoms with Gasteiger partial charge in [0.15, 0.2) is 5.78 Å². The Morgan fingerprint density at radius 3 is 2.45 bits per heavy atom. The number of carboxylic acid groups (broad SMARTS) is 1. The molecule has 1 heterocycles. The molecule has 0 unspecified atom stereocenters. The third-order valence-corrected chi connectivity index (χ3v) is 4.21. The Bertz CT molecular complexity index is 798. The quantitative estimate of drug-likeness (QED) is 0.864. The first-order valence-electron chi connectivity index (χ1n) is 7.03. The van der Waals surface area contributed by atoms with Crippen LogP contribution in [-0.2, 0) is 14.4 Å². The predicted octanol–water partition coefficient (Wildman–Crippen LogP) is 2.38. The van der Waals surface area contributed by atoms with E-state index in [9.17, 15) is 19.5 Å². The number of fused-ring (bicyclic) bond motifs is 1. The molecule has 22 heavy (non-hydrogen) atoms. The van der Waals surface area contributed by atoms with Crippen LogP contribution in [0.15, 0.2) is 42.5 Å². The lowest BCUT2D eigenvalue weighted by Gasteiger charge is -2.40. The van der Waals surface area contributed by atoms with Crippen molar-refractivity contribution in [2.24, 2.45) is 0 Å². The normalized spacial score (nSPS) is 22.1. The summed E-state index contributed by atoms with van der Waals surface area (Å²) in [4.78, 5) is 37.3. The summed E-state index contributed by atoms with van der Waals surface area (Å²) >= 11 is 0. The van der Waals surface area contributed by atoms with Crippen LogP contribution in [-0.4, -0.2) is 28.3 Å². The summed E-state index contributed by atoms with van der Waals surface area (Å²) in [6.07, 6.45) is 0.000243. The summed E-state index contributed by atoms with van der Waals surface area (Å²) in [5.74, 6) is -2.11. The Morgan fingerprint density at radius 2 is 1.77 bits per heavy atom. The number of carbonyl (C=O) groups is 3. The summed E-state index contributed by atoms with van der Waals surface area (Å²) in [5, 5.41) is 11.4. The molecule has 2 aromatic rings. The van der Waals surface area contributed by atoms with Crippen LogP contribution in [0.4, 0.5) is 5.69 Å². The van der Waals surface area contributed by atoms with Crippen LogP contribution in [0, 0.1) is 0 Å². The van der Waals surface area contributed by atoms with Crippen molar-refractivity contribution in [3.8, 4) is 0 Å². The summed E-state index contributed by atoms with van der Waals surface area (Å²) in [5.41, 5.74) is -1.42. The van der Waals surface area contributed by atoms with Gasteiger partial charge in [-0.3, -0.25) is 14.5 Å². The van der Waals surface area contributed by atoms with Crippen LogP contribution >= 0.6 is 0 Å². The third-order valence-electron chi connectivity index (χ3n) is 4.21. The van der Waals surface area contributed by atoms with Crippen molar-refractivity contribution < 1.29 is 19.5 Å². The predicted molar refractivity (Wildman–Crippen MR) is 81.7 cm³/mol. The van der Waals surface area contributed by atoms with Crippen molar-refractivity contribution in [3.63, 3.8) is 0 Å². The van der Waals surface area contributed by atoms with E-state index in [1.54, 1.807) is 12.1 Å². The van der Waals surface area contributed by atoms with Crippen molar-refractivity contribution in [2.45, 2.75) is 25.3 Å². The minimum absolute atomic E-state index is 0.0360. The highest BCUT2D eigenvalue weighted by atomic mass is 16.4. The molecule has 5 heteroatoms. The SMILES string of the molecule is C[C@]1(C(=O)O)C(=O)CCC(=O)N1c1ccc2ccccc2c1. The third kappa shape index (κ3) is 1.97. The maximum Gasteiger partial charge on any atom is 0.337 e. The van der Waals surface area contributed by atoms with Gasteiger partial charge >= 0.3 is 5.97 Å². The van der Waals surface area contributed by atoms with Crippen LogP contribution in [0.1, 0.15) is 19.8 Å². The average Bonchev–Trinajstić information content (AvgIpc) is 2.51. The number of rotatable bonds is 2. The number of anilines is 1. The number of hydrogen-bond acceptors (Lipinski definition) is 3. The smallest absolute Gasteiger partial charge is 0.337 e. The second kappa shape index (κ2) is 4.94. The molecule has 1 aliphatic heterocycles. The first-order chi connectivity index (χ1) is 10.4. The van der Waals surface area contributed by atoms with E-state index < -0.39 is 17.3 Å². The highest BCUT2D eigenvalue weighted by molar-refractivity contribution is 6.20. The molecule has 0 saturated carbocycles. The van der Waals surface area contributed by atoms with Gasteiger partial charge in [-0.2, -0.15) is 0 Å². The molecule has 0 aromatic heterocycles. The van der Waals surface area contributed by atoms with Crippen LogP contribution in [0.2, 0.25) is 0 Å². The summed E-state index contributed by atoms with van der Waals surface area (Å²) in [6.45, 7) is 1.30. The zero-order chi connectivity index (χ0) is 15.9. The fourth-order valence-corrected chi connectivity index (χ4v) is 2.88. The lowest BCUT2D eigenvalue weighted by Crippen LogP contribution is -2.63. The zero-order valence-corrected chi connectivity index (χ0v) is 12.1. The number of hydrogen-bond donors (Lipinski definition) is 1. The number of amides is 1. The van der Waals surface area contributed by atoms with Gasteiger partial charge in [-0.25, -0.2) is 4.79 Å². The van der Waals surface area contributed by atoms with Crippen LogP contribution < -0.4 is 4.90 Å². The van der Waals surface area contributed by atoms with Crippen LogP contribution in [0.5, 0.6) is 0 Å². The van der Waals surface area contributed by atoms with E-state index in [0.29, 0.717) is 5.69 Å². The fourth-order valence-electron chi connectivity index (χ4n) is 2.88. The number of carboxylic acids is 1. The zero-order valence-electron chi connectivity index (χ0n) is 12.1. The van der Waals surface area contributed by atoms with Gasteiger partial charge in [-0.1, -0.05) is 30.3 Å². The largest absolute Gasteiger partial charge is 0.479 e. The molecule has 5 nitrogen and oxygen atoms in total. The fraction of sp³-hybridized carbons (Fsp3) is 0.235. The number of benzene rings is 2. The molecule has 1 N–H and O–H groups in total. The van der Waals surface area contributed by atoms with Crippen molar-refractivity contribution in [3.05, 3.63) is 42.5 Å². The Hall–Kier alpha value is -2.69. The number of piperidine rings is 1. The molecule has 1 saturated heterocycles. The molecule has 1 fully saturated rings. The Morgan fingerprint density at radius 1 is 1.09 bits per heavy atom. The summed E-state index contributed by atoms with van der Waals surface area (Å²) in [6, 6.07) is 12.8. The van der Waals surface area contributed by atoms with Crippen LogP contribution in [0.3, 0.4) is 0 Å². The maximum atomic E-state index is 12.3. The molecule has 1 amide bonds. The second-order valence-corrected chi connectivity index (χ2v) is 5.56. The van der Waals surface area contributed by atoms with Gasteiger partial charge < -0.3 is 5.11 Å². The monoisotopic (exact) mass is 297 g/mol. The van der Waals surface area contributed by atoms with Gasteiger partial charge in [-0.05, 0) is 29.8 Å². The van der Waals surface area contributed by atoms with E-state index in [1.807, 2.05) is 30.3 Å². The molecule has 0 bridgehead atoms. The van der Waals surface area contributed by atoms with Crippen LogP contribution in [0.25, 0.3) is 10.8 Å². The summed E-state index contributed by atoms with van der Waals surface area (Å²) < 4.78 is 0. The van der Waals surface area contributed by atoms with E-state index in [2.05, 4.69) is 0 Å². The average molecular weight is 297 g/mol. The second-order valence-electron chi connectivity index (χ2n) is 5.56. The van der Waals surface area contributed by atoms with Crippen molar-refractivity contribution >= 4 is 34.1 Å². The molecule has 0 spiro atoms. The molecule has 2 aromatic carbocycles. The number of nitrogens with zero attached hydrogens (tertiary/aromatic N) is 1. The van der Waals surface area contributed by atoms with Gasteiger partial charge in [0.1, 0.15) is 0 Å². The van der Waals surface area contributed by atoms with Gasteiger partial charge in [0.2, 0.25) is 11.4 Å². The lowest BCUT2D eigenvalue weighted by atomic mass is 9.86. The Labute approximate surface area is 127 Å². The highest BCUT2D eigenvalue weighted by Crippen LogP contribution is 2.33. The number of ketones is 1. The molecular formula is C17H15NO4. The standard InChI is InChI=1S/C17H15NO4/c1-17(16(21)22)14(19)8-9-15(20)18(17)13-7-6-11-4-2-3-5-12(11)10-13/h2-7,10H,8-9H2,1H3,(H,21,22)/t17-/m1/s1. The van der Waals surface area contributed by atoms with Crippen molar-refractivity contribution in [1.82, 2.24) is 0 Å². The Balaban J connectivity index is 2.18. The molecule has 1 atom stereocenters. The van der Waals surface area contributed by atoms with Crippen molar-refractivity contribution in [2.75, 3.05) is 4.90 Å². The van der Waals surface area contributed by atoms with E-state index >= 15 is 0 Å². The van der Waals surface area contributed by atoms with Crippen molar-refractivity contribution in [1.29, 1.82) is 0 Å².